The van der Waals surface area contributed by atoms with Gasteiger partial charge in [-0.15, -0.1) is 0 Å². The average Bonchev–Trinajstić information content (AvgIpc) is 2.77. The largest absolute Gasteiger partial charge is 0.292 e. The molecule has 7 nitrogen and oxygen atoms in total. The number of hydrogen-bond acceptors (Lipinski definition) is 5. The SMILES string of the molecule is Cc1nc2cc(NS(=O)(=O)c3ccccc3)ccc2c(=O)n1Cc1ccc(C#N)cc1. The molecule has 4 rings (SSSR count). The van der Waals surface area contributed by atoms with Crippen LogP contribution in [0.2, 0.25) is 0 Å². The lowest BCUT2D eigenvalue weighted by atomic mass is 10.1. The molecule has 0 aliphatic heterocycles. The Morgan fingerprint density at radius 1 is 1.03 bits per heavy atom. The molecule has 0 aliphatic rings. The Bertz CT molecular complexity index is 1470. The van der Waals surface area contributed by atoms with Crippen molar-refractivity contribution in [3.05, 3.63) is 100 Å². The summed E-state index contributed by atoms with van der Waals surface area (Å²) in [5.41, 5.74) is 1.94. The van der Waals surface area contributed by atoms with Crippen molar-refractivity contribution >= 4 is 26.6 Å². The van der Waals surface area contributed by atoms with Gasteiger partial charge in [-0.1, -0.05) is 30.3 Å². The Labute approximate surface area is 179 Å². The Hall–Kier alpha value is -3.96. The summed E-state index contributed by atoms with van der Waals surface area (Å²) < 4.78 is 29.2. The van der Waals surface area contributed by atoms with Gasteiger partial charge >= 0.3 is 0 Å². The van der Waals surface area contributed by atoms with E-state index in [0.29, 0.717) is 34.5 Å². The van der Waals surface area contributed by atoms with Crippen molar-refractivity contribution in [1.29, 1.82) is 5.26 Å². The smallest absolute Gasteiger partial charge is 0.261 e. The van der Waals surface area contributed by atoms with Crippen LogP contribution in [0.25, 0.3) is 10.9 Å². The minimum atomic E-state index is -3.74. The number of nitriles is 1. The topological polar surface area (TPSA) is 105 Å². The van der Waals surface area contributed by atoms with E-state index in [1.54, 1.807) is 72.2 Å². The van der Waals surface area contributed by atoms with E-state index in [-0.39, 0.29) is 10.5 Å². The summed E-state index contributed by atoms with van der Waals surface area (Å²) in [5.74, 6) is 0.505. The van der Waals surface area contributed by atoms with Crippen molar-refractivity contribution in [2.75, 3.05) is 4.72 Å². The van der Waals surface area contributed by atoms with Crippen molar-refractivity contribution < 1.29 is 8.42 Å². The highest BCUT2D eigenvalue weighted by Gasteiger charge is 2.15. The molecule has 1 aromatic heterocycles. The fourth-order valence-electron chi connectivity index (χ4n) is 3.26. The Morgan fingerprint density at radius 2 is 1.74 bits per heavy atom. The third-order valence-corrected chi connectivity index (χ3v) is 6.27. The number of aryl methyl sites for hydroxylation is 1. The van der Waals surface area contributed by atoms with Crippen molar-refractivity contribution in [3.63, 3.8) is 0 Å². The van der Waals surface area contributed by atoms with Gasteiger partial charge in [0.1, 0.15) is 5.82 Å². The van der Waals surface area contributed by atoms with E-state index >= 15 is 0 Å². The molecule has 0 radical (unpaired) electrons. The van der Waals surface area contributed by atoms with Crippen LogP contribution in [-0.4, -0.2) is 18.0 Å². The Balaban J connectivity index is 1.68. The first-order chi connectivity index (χ1) is 14.9. The normalized spacial score (nSPS) is 11.2. The Kier molecular flexibility index (Phi) is 5.28. The molecule has 8 heteroatoms. The van der Waals surface area contributed by atoms with Crippen LogP contribution in [0.3, 0.4) is 0 Å². The third-order valence-electron chi connectivity index (χ3n) is 4.88. The summed E-state index contributed by atoms with van der Waals surface area (Å²) >= 11 is 0. The minimum Gasteiger partial charge on any atom is -0.292 e. The van der Waals surface area contributed by atoms with Gasteiger partial charge in [0.25, 0.3) is 15.6 Å². The summed E-state index contributed by atoms with van der Waals surface area (Å²) in [7, 11) is -3.74. The number of nitrogens with zero attached hydrogens (tertiary/aromatic N) is 3. The van der Waals surface area contributed by atoms with Gasteiger partial charge in [0.05, 0.1) is 39.7 Å². The molecule has 1 heterocycles. The van der Waals surface area contributed by atoms with Crippen LogP contribution in [0, 0.1) is 18.3 Å². The molecule has 0 fully saturated rings. The summed E-state index contributed by atoms with van der Waals surface area (Å²) in [6.07, 6.45) is 0. The number of fused-ring (bicyclic) bond motifs is 1. The molecule has 0 atom stereocenters. The van der Waals surface area contributed by atoms with Crippen molar-refractivity contribution in [1.82, 2.24) is 9.55 Å². The lowest BCUT2D eigenvalue weighted by Gasteiger charge is -2.12. The highest BCUT2D eigenvalue weighted by Crippen LogP contribution is 2.20. The molecule has 31 heavy (non-hydrogen) atoms. The average molecular weight is 430 g/mol. The second-order valence-electron chi connectivity index (χ2n) is 7.01. The fraction of sp³-hybridized carbons (Fsp3) is 0.0870. The van der Waals surface area contributed by atoms with Crippen LogP contribution >= 0.6 is 0 Å². The summed E-state index contributed by atoms with van der Waals surface area (Å²) in [5, 5.41) is 9.32. The molecule has 1 N–H and O–H groups in total. The van der Waals surface area contributed by atoms with E-state index in [1.807, 2.05) is 0 Å². The number of nitrogens with one attached hydrogen (secondary N) is 1. The van der Waals surface area contributed by atoms with Crippen LogP contribution < -0.4 is 10.3 Å². The maximum Gasteiger partial charge on any atom is 0.261 e. The number of aromatic nitrogens is 2. The van der Waals surface area contributed by atoms with E-state index in [2.05, 4.69) is 15.8 Å². The monoisotopic (exact) mass is 430 g/mol. The maximum atomic E-state index is 13.0. The minimum absolute atomic E-state index is 0.150. The standard InChI is InChI=1S/C23H18N4O3S/c1-16-25-22-13-19(26-31(29,30)20-5-3-2-4-6-20)11-12-21(22)23(28)27(16)15-18-9-7-17(14-24)8-10-18/h2-13,26H,15H2,1H3. The lowest BCUT2D eigenvalue weighted by Crippen LogP contribution is -2.24. The maximum absolute atomic E-state index is 13.0. The molecule has 3 aromatic carbocycles. The van der Waals surface area contributed by atoms with Crippen molar-refractivity contribution in [3.8, 4) is 6.07 Å². The van der Waals surface area contributed by atoms with E-state index in [9.17, 15) is 13.2 Å². The predicted molar refractivity (Wildman–Crippen MR) is 118 cm³/mol. The molecule has 0 spiro atoms. The second kappa shape index (κ2) is 8.05. The van der Waals surface area contributed by atoms with Crippen LogP contribution in [0.15, 0.2) is 82.5 Å². The van der Waals surface area contributed by atoms with Gasteiger partial charge in [0.2, 0.25) is 0 Å². The number of hydrogen-bond donors (Lipinski definition) is 1. The third kappa shape index (κ3) is 4.17. The molecular formula is C23H18N4O3S. The molecule has 4 aromatic rings. The first kappa shape index (κ1) is 20.3. The summed E-state index contributed by atoms with van der Waals surface area (Å²) in [6.45, 7) is 2.05. The van der Waals surface area contributed by atoms with Crippen LogP contribution in [0.1, 0.15) is 17.0 Å². The fourth-order valence-corrected chi connectivity index (χ4v) is 4.33. The van der Waals surface area contributed by atoms with Crippen LogP contribution in [0.5, 0.6) is 0 Å². The zero-order valence-electron chi connectivity index (χ0n) is 16.6. The van der Waals surface area contributed by atoms with Gasteiger partial charge in [0, 0.05) is 0 Å². The van der Waals surface area contributed by atoms with E-state index in [4.69, 9.17) is 5.26 Å². The second-order valence-corrected chi connectivity index (χ2v) is 8.69. The van der Waals surface area contributed by atoms with Gasteiger partial charge in [-0.05, 0) is 55.0 Å². The Morgan fingerprint density at radius 3 is 2.42 bits per heavy atom. The zero-order chi connectivity index (χ0) is 22.0. The van der Waals surface area contributed by atoms with Gasteiger partial charge in [-0.25, -0.2) is 13.4 Å². The quantitative estimate of drug-likeness (QED) is 0.522. The number of rotatable bonds is 5. The van der Waals surface area contributed by atoms with Crippen molar-refractivity contribution in [2.45, 2.75) is 18.4 Å². The summed E-state index contributed by atoms with van der Waals surface area (Å²) in [4.78, 5) is 17.7. The summed E-state index contributed by atoms with van der Waals surface area (Å²) in [6, 6.07) is 21.8. The molecule has 154 valence electrons. The van der Waals surface area contributed by atoms with Crippen molar-refractivity contribution in [2.24, 2.45) is 0 Å². The first-order valence-corrected chi connectivity index (χ1v) is 10.9. The van der Waals surface area contributed by atoms with Gasteiger partial charge in [-0.2, -0.15) is 5.26 Å². The van der Waals surface area contributed by atoms with Gasteiger partial charge < -0.3 is 0 Å². The molecule has 0 bridgehead atoms. The highest BCUT2D eigenvalue weighted by molar-refractivity contribution is 7.92. The molecule has 0 saturated heterocycles. The molecule has 0 amide bonds. The van der Waals surface area contributed by atoms with E-state index in [0.717, 1.165) is 5.56 Å². The number of sulfonamides is 1. The van der Waals surface area contributed by atoms with E-state index in [1.165, 1.54) is 12.1 Å². The molecule has 0 aliphatic carbocycles. The van der Waals surface area contributed by atoms with E-state index < -0.39 is 10.0 Å². The van der Waals surface area contributed by atoms with Crippen LogP contribution in [0.4, 0.5) is 5.69 Å². The zero-order valence-corrected chi connectivity index (χ0v) is 17.4. The number of benzene rings is 3. The number of anilines is 1. The molecule has 0 unspecified atom stereocenters. The predicted octanol–water partition coefficient (Wildman–Crippen LogP) is 3.43. The molecular weight excluding hydrogens is 412 g/mol. The highest BCUT2D eigenvalue weighted by atomic mass is 32.2. The first-order valence-electron chi connectivity index (χ1n) is 9.45. The van der Waals surface area contributed by atoms with Gasteiger partial charge in [-0.3, -0.25) is 14.1 Å². The molecule has 0 saturated carbocycles. The van der Waals surface area contributed by atoms with Crippen LogP contribution in [-0.2, 0) is 16.6 Å². The lowest BCUT2D eigenvalue weighted by molar-refractivity contribution is 0.601. The van der Waals surface area contributed by atoms with Gasteiger partial charge in [0.15, 0.2) is 0 Å².